The summed E-state index contributed by atoms with van der Waals surface area (Å²) in [4.78, 5) is 0. The molecule has 0 heterocycles. The molecule has 0 aromatic rings. The molecule has 17 heavy (non-hydrogen) atoms. The molecule has 0 bridgehead atoms. The summed E-state index contributed by atoms with van der Waals surface area (Å²) in [5.41, 5.74) is 4.37. The first-order valence-electron chi connectivity index (χ1n) is 6.97. The minimum Gasteiger partial charge on any atom is -0.0654 e. The molecule has 0 aliphatic heterocycles. The smallest absolute Gasteiger partial charge is 0.0198 e. The lowest BCUT2D eigenvalue weighted by atomic mass is 9.59. The Hall–Kier alpha value is -0.520. The van der Waals surface area contributed by atoms with E-state index < -0.39 is 0 Å². The summed E-state index contributed by atoms with van der Waals surface area (Å²) in [5, 5.41) is 0. The second kappa shape index (κ2) is 5.00. The normalized spacial score (nSPS) is 25.5. The van der Waals surface area contributed by atoms with Crippen molar-refractivity contribution in [3.8, 4) is 0 Å². The molecular formula is C17H28. The van der Waals surface area contributed by atoms with Gasteiger partial charge in [0.25, 0.3) is 0 Å². The molecule has 1 aliphatic rings. The molecule has 2 radical (unpaired) electrons. The molecule has 0 amide bonds. The van der Waals surface area contributed by atoms with Gasteiger partial charge in [0.15, 0.2) is 0 Å². The first-order chi connectivity index (χ1) is 7.82. The molecule has 0 saturated carbocycles. The van der Waals surface area contributed by atoms with E-state index in [0.29, 0.717) is 0 Å². The van der Waals surface area contributed by atoms with Crippen molar-refractivity contribution in [3.05, 3.63) is 29.7 Å². The second-order valence-corrected chi connectivity index (χ2v) is 5.91. The predicted molar refractivity (Wildman–Crippen MR) is 76.5 cm³/mol. The maximum atomic E-state index is 4.61. The molecule has 0 aromatic carbocycles. The van der Waals surface area contributed by atoms with Crippen molar-refractivity contribution in [2.45, 2.75) is 67.2 Å². The third kappa shape index (κ3) is 2.23. The van der Waals surface area contributed by atoms with Crippen LogP contribution in [0.25, 0.3) is 0 Å². The van der Waals surface area contributed by atoms with Crippen molar-refractivity contribution in [1.82, 2.24) is 0 Å². The van der Waals surface area contributed by atoms with Crippen molar-refractivity contribution >= 4 is 0 Å². The van der Waals surface area contributed by atoms with Crippen molar-refractivity contribution in [1.29, 1.82) is 0 Å². The number of hydrogen-bond donors (Lipinski definition) is 0. The van der Waals surface area contributed by atoms with Gasteiger partial charge < -0.3 is 0 Å². The maximum absolute atomic E-state index is 4.61. The molecule has 0 spiro atoms. The van der Waals surface area contributed by atoms with Crippen LogP contribution in [0.2, 0.25) is 0 Å². The van der Waals surface area contributed by atoms with Gasteiger partial charge in [-0.3, -0.25) is 0 Å². The fourth-order valence-corrected chi connectivity index (χ4v) is 3.33. The largest absolute Gasteiger partial charge is 0.0654 e. The molecule has 0 heteroatoms. The lowest BCUT2D eigenvalue weighted by molar-refractivity contribution is 0.155. The molecule has 0 fully saturated rings. The molecule has 1 rings (SSSR count). The van der Waals surface area contributed by atoms with E-state index in [2.05, 4.69) is 54.5 Å². The average Bonchev–Trinajstić information content (AvgIpc) is 2.45. The Bertz CT molecular complexity index is 337. The summed E-state index contributed by atoms with van der Waals surface area (Å²) in [6.45, 7) is 18.1. The lowest BCUT2D eigenvalue weighted by Gasteiger charge is -2.44. The molecule has 0 nitrogen and oxygen atoms in total. The van der Waals surface area contributed by atoms with Gasteiger partial charge >= 0.3 is 0 Å². The zero-order valence-electron chi connectivity index (χ0n) is 12.5. The number of rotatable bonds is 5. The van der Waals surface area contributed by atoms with Gasteiger partial charge in [0, 0.05) is 5.41 Å². The lowest BCUT2D eigenvalue weighted by Crippen LogP contribution is -2.37. The van der Waals surface area contributed by atoms with Crippen LogP contribution < -0.4 is 0 Å². The molecular weight excluding hydrogens is 204 g/mol. The van der Waals surface area contributed by atoms with Crippen molar-refractivity contribution in [2.24, 2.45) is 10.8 Å². The second-order valence-electron chi connectivity index (χ2n) is 5.91. The van der Waals surface area contributed by atoms with Gasteiger partial charge in [-0.2, -0.15) is 0 Å². The van der Waals surface area contributed by atoms with Crippen LogP contribution in [0.15, 0.2) is 16.7 Å². The minimum atomic E-state index is 0.0349. The van der Waals surface area contributed by atoms with Crippen LogP contribution in [0, 0.1) is 23.8 Å². The van der Waals surface area contributed by atoms with Gasteiger partial charge in [-0.05, 0) is 63.2 Å². The van der Waals surface area contributed by atoms with E-state index in [1.54, 1.807) is 0 Å². The summed E-state index contributed by atoms with van der Waals surface area (Å²) < 4.78 is 0. The third-order valence-corrected chi connectivity index (χ3v) is 4.83. The first-order valence-corrected chi connectivity index (χ1v) is 6.97. The topological polar surface area (TPSA) is 0 Å². The van der Waals surface area contributed by atoms with Gasteiger partial charge in [-0.1, -0.05) is 39.2 Å². The van der Waals surface area contributed by atoms with E-state index in [4.69, 9.17) is 0 Å². The molecule has 96 valence electrons. The standard InChI is InChI=1S/C17H28/c1-8-10-16(6,11-9-2)17(7)12-13(3)14(4)15(17)5/h6,8-11H2,1-5,7H3. The zero-order valence-corrected chi connectivity index (χ0v) is 12.5. The Morgan fingerprint density at radius 1 is 1.12 bits per heavy atom. The van der Waals surface area contributed by atoms with Crippen LogP contribution in [-0.2, 0) is 0 Å². The van der Waals surface area contributed by atoms with Gasteiger partial charge in [-0.25, -0.2) is 0 Å². The Morgan fingerprint density at radius 2 is 1.59 bits per heavy atom. The van der Waals surface area contributed by atoms with Gasteiger partial charge in [0.2, 0.25) is 0 Å². The van der Waals surface area contributed by atoms with Gasteiger partial charge in [-0.15, -0.1) is 0 Å². The monoisotopic (exact) mass is 232 g/mol. The van der Waals surface area contributed by atoms with Crippen LogP contribution in [0.5, 0.6) is 0 Å². The molecule has 0 aromatic heterocycles. The Morgan fingerprint density at radius 3 is 1.88 bits per heavy atom. The summed E-state index contributed by atoms with van der Waals surface area (Å²) >= 11 is 0. The highest BCUT2D eigenvalue weighted by Crippen LogP contribution is 2.55. The van der Waals surface area contributed by atoms with E-state index in [-0.39, 0.29) is 10.8 Å². The first kappa shape index (κ1) is 14.5. The van der Waals surface area contributed by atoms with Crippen LogP contribution in [0.4, 0.5) is 0 Å². The summed E-state index contributed by atoms with van der Waals surface area (Å²) in [7, 11) is 0. The highest BCUT2D eigenvalue weighted by molar-refractivity contribution is 5.44. The van der Waals surface area contributed by atoms with Gasteiger partial charge in [0.1, 0.15) is 0 Å². The van der Waals surface area contributed by atoms with E-state index in [1.165, 1.54) is 42.4 Å². The highest BCUT2D eigenvalue weighted by atomic mass is 14.5. The fraction of sp³-hybridized carbons (Fsp3) is 0.706. The summed E-state index contributed by atoms with van der Waals surface area (Å²) in [5.74, 6) is 0. The zero-order chi connectivity index (χ0) is 13.3. The van der Waals surface area contributed by atoms with E-state index in [9.17, 15) is 0 Å². The Balaban J connectivity index is 3.20. The average molecular weight is 232 g/mol. The van der Waals surface area contributed by atoms with E-state index >= 15 is 0 Å². The van der Waals surface area contributed by atoms with Crippen molar-refractivity contribution in [2.75, 3.05) is 0 Å². The van der Waals surface area contributed by atoms with Crippen LogP contribution in [-0.4, -0.2) is 0 Å². The number of hydrogen-bond acceptors (Lipinski definition) is 0. The van der Waals surface area contributed by atoms with Crippen molar-refractivity contribution < 1.29 is 0 Å². The van der Waals surface area contributed by atoms with Crippen LogP contribution >= 0.6 is 0 Å². The fourth-order valence-electron chi connectivity index (χ4n) is 3.33. The number of allylic oxidation sites excluding steroid dienone is 4. The minimum absolute atomic E-state index is 0.0349. The SMILES string of the molecule is [CH2]C(CCC)(CCC)C1(C)[C]=C(C)C(C)=C1C. The Labute approximate surface area is 108 Å². The molecule has 0 saturated heterocycles. The van der Waals surface area contributed by atoms with Crippen LogP contribution in [0.3, 0.4) is 0 Å². The maximum Gasteiger partial charge on any atom is 0.0198 e. The molecule has 1 aliphatic carbocycles. The van der Waals surface area contributed by atoms with E-state index in [0.717, 1.165) is 0 Å². The third-order valence-electron chi connectivity index (χ3n) is 4.83. The summed E-state index contributed by atoms with van der Waals surface area (Å²) in [6.07, 6.45) is 8.49. The van der Waals surface area contributed by atoms with E-state index in [1.807, 2.05) is 0 Å². The molecule has 0 N–H and O–H groups in total. The summed E-state index contributed by atoms with van der Waals surface area (Å²) in [6, 6.07) is 0. The Kier molecular flexibility index (Phi) is 4.28. The predicted octanol–water partition coefficient (Wildman–Crippen LogP) is 5.51. The van der Waals surface area contributed by atoms with Crippen molar-refractivity contribution in [3.63, 3.8) is 0 Å². The quantitative estimate of drug-likeness (QED) is 0.586. The molecule has 1 atom stereocenters. The molecule has 1 unspecified atom stereocenters. The van der Waals surface area contributed by atoms with Crippen LogP contribution in [0.1, 0.15) is 67.2 Å². The van der Waals surface area contributed by atoms with Gasteiger partial charge in [0.05, 0.1) is 0 Å². The highest BCUT2D eigenvalue weighted by Gasteiger charge is 2.46.